The molecule has 0 rings (SSSR count). The molecule has 0 bridgehead atoms. The summed E-state index contributed by atoms with van der Waals surface area (Å²) in [6.07, 6.45) is 0.389. The molecule has 0 aromatic rings. The molecule has 62 valence electrons. The summed E-state index contributed by atoms with van der Waals surface area (Å²) in [6.45, 7) is 3.35. The molecule has 0 aliphatic carbocycles. The molecule has 0 atom stereocenters. The SMILES string of the molecule is CCOC(=O)/C(C=O)=C(/C)Cl. The van der Waals surface area contributed by atoms with Crippen LogP contribution in [0.4, 0.5) is 0 Å². The zero-order valence-corrected chi connectivity index (χ0v) is 7.14. The summed E-state index contributed by atoms with van der Waals surface area (Å²) in [7, 11) is 0. The maximum absolute atomic E-state index is 10.8. The van der Waals surface area contributed by atoms with Gasteiger partial charge in [-0.15, -0.1) is 0 Å². The summed E-state index contributed by atoms with van der Waals surface area (Å²) in [5, 5.41) is 0.151. The summed E-state index contributed by atoms with van der Waals surface area (Å²) in [4.78, 5) is 21.0. The van der Waals surface area contributed by atoms with Crippen molar-refractivity contribution >= 4 is 23.9 Å². The summed E-state index contributed by atoms with van der Waals surface area (Å²) >= 11 is 5.42. The van der Waals surface area contributed by atoms with Crippen LogP contribution in [-0.4, -0.2) is 18.9 Å². The van der Waals surface area contributed by atoms with Crippen LogP contribution in [0.5, 0.6) is 0 Å². The number of carbonyl (C=O) groups excluding carboxylic acids is 2. The number of esters is 1. The zero-order chi connectivity index (χ0) is 8.85. The number of aldehydes is 1. The molecule has 0 saturated carbocycles. The van der Waals surface area contributed by atoms with Crippen molar-refractivity contribution in [3.63, 3.8) is 0 Å². The molecule has 4 heteroatoms. The molecule has 0 fully saturated rings. The van der Waals surface area contributed by atoms with E-state index < -0.39 is 5.97 Å². The number of rotatable bonds is 3. The van der Waals surface area contributed by atoms with Gasteiger partial charge in [-0.3, -0.25) is 4.79 Å². The Bertz CT molecular complexity index is 192. The highest BCUT2D eigenvalue weighted by Gasteiger charge is 2.11. The van der Waals surface area contributed by atoms with E-state index in [4.69, 9.17) is 11.6 Å². The third kappa shape index (κ3) is 3.18. The molecular formula is C7H9ClO3. The number of ether oxygens (including phenoxy) is 1. The molecule has 0 aliphatic heterocycles. The fraction of sp³-hybridized carbons (Fsp3) is 0.429. The highest BCUT2D eigenvalue weighted by molar-refractivity contribution is 6.33. The van der Waals surface area contributed by atoms with Crippen LogP contribution in [0.15, 0.2) is 10.6 Å². The van der Waals surface area contributed by atoms with Crippen LogP contribution in [0.1, 0.15) is 13.8 Å². The Morgan fingerprint density at radius 2 is 2.18 bits per heavy atom. The zero-order valence-electron chi connectivity index (χ0n) is 6.39. The van der Waals surface area contributed by atoms with E-state index >= 15 is 0 Å². The highest BCUT2D eigenvalue weighted by atomic mass is 35.5. The first kappa shape index (κ1) is 10.2. The molecule has 3 nitrogen and oxygen atoms in total. The second-order valence-corrected chi connectivity index (χ2v) is 2.35. The molecule has 0 spiro atoms. The molecule has 0 aromatic heterocycles. The van der Waals surface area contributed by atoms with Crippen LogP contribution in [-0.2, 0) is 14.3 Å². The average Bonchev–Trinajstić information content (AvgIpc) is 1.88. The van der Waals surface area contributed by atoms with E-state index in [0.29, 0.717) is 6.29 Å². The van der Waals surface area contributed by atoms with Gasteiger partial charge in [-0.25, -0.2) is 4.79 Å². The van der Waals surface area contributed by atoms with E-state index in [0.717, 1.165) is 0 Å². The topological polar surface area (TPSA) is 43.4 Å². The minimum atomic E-state index is -0.671. The standard InChI is InChI=1S/C7H9ClO3/c1-3-11-7(10)6(4-9)5(2)8/h4H,3H2,1-2H3/b6-5-. The van der Waals surface area contributed by atoms with Gasteiger partial charge < -0.3 is 4.74 Å². The van der Waals surface area contributed by atoms with Crippen molar-refractivity contribution in [1.82, 2.24) is 0 Å². The number of halogens is 1. The Morgan fingerprint density at radius 1 is 1.64 bits per heavy atom. The number of hydrogen-bond acceptors (Lipinski definition) is 3. The van der Waals surface area contributed by atoms with Crippen molar-refractivity contribution in [3.8, 4) is 0 Å². The third-order valence-corrected chi connectivity index (χ3v) is 1.19. The van der Waals surface area contributed by atoms with E-state index in [-0.39, 0.29) is 17.2 Å². The Hall–Kier alpha value is -0.830. The molecular weight excluding hydrogens is 168 g/mol. The van der Waals surface area contributed by atoms with Crippen LogP contribution < -0.4 is 0 Å². The van der Waals surface area contributed by atoms with Gasteiger partial charge >= 0.3 is 5.97 Å². The van der Waals surface area contributed by atoms with Gasteiger partial charge in [-0.1, -0.05) is 11.6 Å². The van der Waals surface area contributed by atoms with Gasteiger partial charge in [-0.2, -0.15) is 0 Å². The predicted molar refractivity (Wildman–Crippen MR) is 41.3 cm³/mol. The molecule has 0 amide bonds. The Kier molecular flexibility index (Phi) is 4.54. The number of hydrogen-bond donors (Lipinski definition) is 0. The van der Waals surface area contributed by atoms with Gasteiger partial charge in [0.05, 0.1) is 6.61 Å². The highest BCUT2D eigenvalue weighted by Crippen LogP contribution is 2.07. The van der Waals surface area contributed by atoms with Crippen molar-refractivity contribution in [2.45, 2.75) is 13.8 Å². The van der Waals surface area contributed by atoms with Gasteiger partial charge in [0.15, 0.2) is 6.29 Å². The first-order chi connectivity index (χ1) is 5.13. The molecule has 11 heavy (non-hydrogen) atoms. The maximum Gasteiger partial charge on any atom is 0.342 e. The Morgan fingerprint density at radius 3 is 2.45 bits per heavy atom. The first-order valence-corrected chi connectivity index (χ1v) is 3.50. The van der Waals surface area contributed by atoms with E-state index in [9.17, 15) is 9.59 Å². The molecule has 0 aromatic carbocycles. The van der Waals surface area contributed by atoms with Crippen LogP contribution in [0.25, 0.3) is 0 Å². The fourth-order valence-corrected chi connectivity index (χ4v) is 0.600. The second kappa shape index (κ2) is 4.91. The molecule has 0 N–H and O–H groups in total. The van der Waals surface area contributed by atoms with Gasteiger partial charge in [0, 0.05) is 5.03 Å². The Labute approximate surface area is 70.0 Å². The fourth-order valence-electron chi connectivity index (χ4n) is 0.479. The Balaban J connectivity index is 4.40. The van der Waals surface area contributed by atoms with Crippen molar-refractivity contribution in [2.75, 3.05) is 6.61 Å². The first-order valence-electron chi connectivity index (χ1n) is 3.12. The monoisotopic (exact) mass is 176 g/mol. The number of allylic oxidation sites excluding steroid dienone is 1. The van der Waals surface area contributed by atoms with Crippen LogP contribution in [0.3, 0.4) is 0 Å². The van der Waals surface area contributed by atoms with E-state index in [1.165, 1.54) is 6.92 Å². The lowest BCUT2D eigenvalue weighted by Crippen LogP contribution is -2.09. The van der Waals surface area contributed by atoms with E-state index in [1.807, 2.05) is 0 Å². The normalized spacial score (nSPS) is 11.9. The lowest BCUT2D eigenvalue weighted by molar-refractivity contribution is -0.139. The van der Waals surface area contributed by atoms with Crippen molar-refractivity contribution in [1.29, 1.82) is 0 Å². The quantitative estimate of drug-likeness (QED) is 0.214. The summed E-state index contributed by atoms with van der Waals surface area (Å²) in [5.41, 5.74) is -0.117. The molecule has 0 heterocycles. The third-order valence-electron chi connectivity index (χ3n) is 0.984. The smallest absolute Gasteiger partial charge is 0.342 e. The van der Waals surface area contributed by atoms with Gasteiger partial charge in [0.1, 0.15) is 5.57 Å². The summed E-state index contributed by atoms with van der Waals surface area (Å²) in [5.74, 6) is -0.671. The second-order valence-electron chi connectivity index (χ2n) is 1.79. The van der Waals surface area contributed by atoms with Crippen molar-refractivity contribution in [2.24, 2.45) is 0 Å². The van der Waals surface area contributed by atoms with Crippen molar-refractivity contribution < 1.29 is 14.3 Å². The summed E-state index contributed by atoms with van der Waals surface area (Å²) in [6, 6.07) is 0. The average molecular weight is 177 g/mol. The van der Waals surface area contributed by atoms with E-state index in [2.05, 4.69) is 4.74 Å². The lowest BCUT2D eigenvalue weighted by Gasteiger charge is -1.99. The van der Waals surface area contributed by atoms with Crippen LogP contribution >= 0.6 is 11.6 Å². The minimum Gasteiger partial charge on any atom is -0.462 e. The van der Waals surface area contributed by atoms with Gasteiger partial charge in [0.25, 0.3) is 0 Å². The van der Waals surface area contributed by atoms with Crippen LogP contribution in [0.2, 0.25) is 0 Å². The largest absolute Gasteiger partial charge is 0.462 e. The number of carbonyl (C=O) groups is 2. The molecule has 0 unspecified atom stereocenters. The predicted octanol–water partition coefficient (Wildman–Crippen LogP) is 1.26. The lowest BCUT2D eigenvalue weighted by atomic mass is 10.3. The van der Waals surface area contributed by atoms with Gasteiger partial charge in [0.2, 0.25) is 0 Å². The minimum absolute atomic E-state index is 0.117. The van der Waals surface area contributed by atoms with E-state index in [1.54, 1.807) is 6.92 Å². The maximum atomic E-state index is 10.8. The van der Waals surface area contributed by atoms with Crippen LogP contribution in [0, 0.1) is 0 Å². The molecule has 0 radical (unpaired) electrons. The molecule has 0 aliphatic rings. The molecule has 0 saturated heterocycles. The van der Waals surface area contributed by atoms with Crippen molar-refractivity contribution in [3.05, 3.63) is 10.6 Å². The summed E-state index contributed by atoms with van der Waals surface area (Å²) < 4.78 is 4.54. The van der Waals surface area contributed by atoms with Gasteiger partial charge in [-0.05, 0) is 13.8 Å².